The topological polar surface area (TPSA) is 18.5 Å². The molecule has 3 nitrogen and oxygen atoms in total. The van der Waals surface area contributed by atoms with Gasteiger partial charge in [0.2, 0.25) is 0 Å². The van der Waals surface area contributed by atoms with Gasteiger partial charge in [-0.25, -0.2) is 0 Å². The third kappa shape index (κ3) is 2.95. The molecule has 2 saturated heterocycles. The van der Waals surface area contributed by atoms with Crippen LogP contribution in [0.1, 0.15) is 36.8 Å². The standard InChI is InChI=1S/C18H27N3/c1-14-4-7-18(15(11-14)12-19-16-5-6-16)21-10-9-20-8-2-3-17(20)13-21/h4,7,11,16-17,19H,2-3,5-6,8-10,12-13H2,1H3. The molecule has 1 saturated carbocycles. The molecule has 4 rings (SSSR count). The van der Waals surface area contributed by atoms with E-state index in [1.807, 2.05) is 0 Å². The van der Waals surface area contributed by atoms with Crippen LogP contribution in [-0.2, 0) is 6.54 Å². The molecule has 0 bridgehead atoms. The number of nitrogens with zero attached hydrogens (tertiary/aromatic N) is 2. The maximum absolute atomic E-state index is 3.69. The van der Waals surface area contributed by atoms with E-state index in [9.17, 15) is 0 Å². The maximum atomic E-state index is 3.69. The minimum absolute atomic E-state index is 0.782. The summed E-state index contributed by atoms with van der Waals surface area (Å²) in [7, 11) is 0. The summed E-state index contributed by atoms with van der Waals surface area (Å²) in [4.78, 5) is 5.32. The Morgan fingerprint density at radius 1 is 1.14 bits per heavy atom. The van der Waals surface area contributed by atoms with Crippen LogP contribution in [0.15, 0.2) is 18.2 Å². The van der Waals surface area contributed by atoms with E-state index in [0.717, 1.165) is 18.6 Å². The third-order valence-corrected chi connectivity index (χ3v) is 5.32. The normalized spacial score (nSPS) is 26.1. The van der Waals surface area contributed by atoms with Gasteiger partial charge in [0.15, 0.2) is 0 Å². The number of aryl methyl sites for hydroxylation is 1. The first-order chi connectivity index (χ1) is 10.3. The van der Waals surface area contributed by atoms with Crippen molar-refractivity contribution >= 4 is 5.69 Å². The van der Waals surface area contributed by atoms with E-state index in [-0.39, 0.29) is 0 Å². The molecule has 3 heteroatoms. The second-order valence-electron chi connectivity index (χ2n) is 7.07. The quantitative estimate of drug-likeness (QED) is 0.917. The van der Waals surface area contributed by atoms with Crippen molar-refractivity contribution in [3.8, 4) is 0 Å². The van der Waals surface area contributed by atoms with Crippen molar-refractivity contribution in [3.63, 3.8) is 0 Å². The van der Waals surface area contributed by atoms with E-state index in [2.05, 4.69) is 40.2 Å². The molecule has 1 aliphatic carbocycles. The molecule has 2 aliphatic heterocycles. The second-order valence-corrected chi connectivity index (χ2v) is 7.07. The molecule has 1 aromatic carbocycles. The number of fused-ring (bicyclic) bond motifs is 1. The summed E-state index contributed by atoms with van der Waals surface area (Å²) in [5, 5.41) is 3.69. The van der Waals surface area contributed by atoms with E-state index < -0.39 is 0 Å². The van der Waals surface area contributed by atoms with E-state index in [4.69, 9.17) is 0 Å². The number of nitrogens with one attached hydrogen (secondary N) is 1. The summed E-state index contributed by atoms with van der Waals surface area (Å²) in [6.45, 7) is 8.22. The minimum Gasteiger partial charge on any atom is -0.368 e. The number of rotatable bonds is 4. The molecule has 1 atom stereocenters. The summed E-state index contributed by atoms with van der Waals surface area (Å²) in [5.74, 6) is 0. The van der Waals surface area contributed by atoms with Gasteiger partial charge in [0.1, 0.15) is 0 Å². The van der Waals surface area contributed by atoms with Gasteiger partial charge in [-0.05, 0) is 50.8 Å². The highest BCUT2D eigenvalue weighted by atomic mass is 15.3. The summed E-state index contributed by atoms with van der Waals surface area (Å²) < 4.78 is 0. The smallest absolute Gasteiger partial charge is 0.0413 e. The zero-order chi connectivity index (χ0) is 14.2. The molecule has 0 spiro atoms. The fourth-order valence-electron chi connectivity index (χ4n) is 3.92. The molecule has 1 aromatic rings. The van der Waals surface area contributed by atoms with Crippen molar-refractivity contribution in [2.45, 2.75) is 51.2 Å². The molecule has 0 aromatic heterocycles. The lowest BCUT2D eigenvalue weighted by molar-refractivity contribution is 0.231. The first kappa shape index (κ1) is 13.6. The minimum atomic E-state index is 0.782. The third-order valence-electron chi connectivity index (χ3n) is 5.32. The Morgan fingerprint density at radius 3 is 2.90 bits per heavy atom. The number of hydrogen-bond acceptors (Lipinski definition) is 3. The SMILES string of the molecule is Cc1ccc(N2CCN3CCCC3C2)c(CNC2CC2)c1. The Balaban J connectivity index is 1.52. The van der Waals surface area contributed by atoms with Gasteiger partial charge in [0, 0.05) is 44.0 Å². The van der Waals surface area contributed by atoms with Crippen molar-refractivity contribution in [2.75, 3.05) is 31.1 Å². The molecule has 3 aliphatic rings. The van der Waals surface area contributed by atoms with Crippen LogP contribution in [0.3, 0.4) is 0 Å². The second kappa shape index (κ2) is 5.62. The number of benzene rings is 1. The highest BCUT2D eigenvalue weighted by Crippen LogP contribution is 2.29. The van der Waals surface area contributed by atoms with Crippen LogP contribution in [-0.4, -0.2) is 43.2 Å². The Bertz CT molecular complexity index is 509. The molecule has 1 N–H and O–H groups in total. The highest BCUT2D eigenvalue weighted by Gasteiger charge is 2.31. The molecular formula is C18H27N3. The van der Waals surface area contributed by atoms with Gasteiger partial charge >= 0.3 is 0 Å². The van der Waals surface area contributed by atoms with Crippen molar-refractivity contribution < 1.29 is 0 Å². The molecule has 0 radical (unpaired) electrons. The van der Waals surface area contributed by atoms with Gasteiger partial charge < -0.3 is 10.2 Å². The first-order valence-corrected chi connectivity index (χ1v) is 8.61. The largest absolute Gasteiger partial charge is 0.368 e. The van der Waals surface area contributed by atoms with Gasteiger partial charge in [-0.2, -0.15) is 0 Å². The Kier molecular flexibility index (Phi) is 3.64. The number of hydrogen-bond donors (Lipinski definition) is 1. The van der Waals surface area contributed by atoms with Gasteiger partial charge in [0.25, 0.3) is 0 Å². The van der Waals surface area contributed by atoms with E-state index in [0.29, 0.717) is 0 Å². The summed E-state index contributed by atoms with van der Waals surface area (Å²) >= 11 is 0. The van der Waals surface area contributed by atoms with Gasteiger partial charge in [0.05, 0.1) is 0 Å². The molecule has 3 fully saturated rings. The lowest BCUT2D eigenvalue weighted by Gasteiger charge is -2.39. The van der Waals surface area contributed by atoms with Crippen molar-refractivity contribution in [1.82, 2.24) is 10.2 Å². The van der Waals surface area contributed by atoms with Crippen LogP contribution in [0.25, 0.3) is 0 Å². The Morgan fingerprint density at radius 2 is 2.05 bits per heavy atom. The van der Waals surface area contributed by atoms with Crippen molar-refractivity contribution in [1.29, 1.82) is 0 Å². The van der Waals surface area contributed by atoms with E-state index in [1.165, 1.54) is 68.7 Å². The van der Waals surface area contributed by atoms with Crippen LogP contribution in [0.4, 0.5) is 5.69 Å². The van der Waals surface area contributed by atoms with Crippen LogP contribution < -0.4 is 10.2 Å². The predicted octanol–water partition coefficient (Wildman–Crippen LogP) is 2.53. The fraction of sp³-hybridized carbons (Fsp3) is 0.667. The van der Waals surface area contributed by atoms with Crippen LogP contribution in [0.2, 0.25) is 0 Å². The van der Waals surface area contributed by atoms with E-state index >= 15 is 0 Å². The van der Waals surface area contributed by atoms with Crippen LogP contribution >= 0.6 is 0 Å². The van der Waals surface area contributed by atoms with Gasteiger partial charge in [-0.15, -0.1) is 0 Å². The molecule has 21 heavy (non-hydrogen) atoms. The van der Waals surface area contributed by atoms with Crippen molar-refractivity contribution in [3.05, 3.63) is 29.3 Å². The van der Waals surface area contributed by atoms with Gasteiger partial charge in [-0.3, -0.25) is 4.90 Å². The highest BCUT2D eigenvalue weighted by molar-refractivity contribution is 5.55. The average Bonchev–Trinajstić information content (AvgIpc) is 3.20. The average molecular weight is 285 g/mol. The van der Waals surface area contributed by atoms with Crippen LogP contribution in [0.5, 0.6) is 0 Å². The Labute approximate surface area is 128 Å². The molecule has 1 unspecified atom stereocenters. The van der Waals surface area contributed by atoms with Crippen molar-refractivity contribution in [2.24, 2.45) is 0 Å². The lowest BCUT2D eigenvalue weighted by atomic mass is 10.1. The van der Waals surface area contributed by atoms with Crippen LogP contribution in [0, 0.1) is 6.92 Å². The maximum Gasteiger partial charge on any atom is 0.0413 e. The molecule has 0 amide bonds. The fourth-order valence-corrected chi connectivity index (χ4v) is 3.92. The first-order valence-electron chi connectivity index (χ1n) is 8.61. The zero-order valence-electron chi connectivity index (χ0n) is 13.1. The monoisotopic (exact) mass is 285 g/mol. The Hall–Kier alpha value is -1.06. The summed E-state index contributed by atoms with van der Waals surface area (Å²) in [6.07, 6.45) is 5.50. The summed E-state index contributed by atoms with van der Waals surface area (Å²) in [6, 6.07) is 8.58. The number of anilines is 1. The molecule has 2 heterocycles. The van der Waals surface area contributed by atoms with E-state index in [1.54, 1.807) is 0 Å². The summed E-state index contributed by atoms with van der Waals surface area (Å²) in [5.41, 5.74) is 4.35. The van der Waals surface area contributed by atoms with Gasteiger partial charge in [-0.1, -0.05) is 17.7 Å². The molecule has 114 valence electrons. The molecular weight excluding hydrogens is 258 g/mol. The zero-order valence-corrected chi connectivity index (χ0v) is 13.1. The number of piperazine rings is 1. The predicted molar refractivity (Wildman–Crippen MR) is 87.8 cm³/mol. The lowest BCUT2D eigenvalue weighted by Crippen LogP contribution is -2.50.